The Morgan fingerprint density at radius 1 is 0.814 bits per heavy atom. The zero-order valence-corrected chi connectivity index (χ0v) is 29.2. The van der Waals surface area contributed by atoms with Crippen molar-refractivity contribution in [2.45, 2.75) is 123 Å². The summed E-state index contributed by atoms with van der Waals surface area (Å²) >= 11 is 0. The lowest BCUT2D eigenvalue weighted by Gasteiger charge is -2.62. The summed E-state index contributed by atoms with van der Waals surface area (Å²) in [4.78, 5) is 0. The fourth-order valence-electron chi connectivity index (χ4n) is 11.9. The highest BCUT2D eigenvalue weighted by Crippen LogP contribution is 2.68. The van der Waals surface area contributed by atoms with Crippen LogP contribution >= 0.6 is 0 Å². The van der Waals surface area contributed by atoms with E-state index >= 15 is 0 Å². The Bertz CT molecular complexity index is 1170. The molecule has 9 atom stereocenters. The van der Waals surface area contributed by atoms with E-state index in [1.807, 2.05) is 0 Å². The van der Waals surface area contributed by atoms with E-state index < -0.39 is 8.32 Å². The third-order valence-electron chi connectivity index (χ3n) is 14.0. The topological polar surface area (TPSA) is 29.5 Å². The Morgan fingerprint density at radius 2 is 1.42 bits per heavy atom. The number of hydrogen-bond donors (Lipinski definition) is 1. The summed E-state index contributed by atoms with van der Waals surface area (Å²) in [7, 11) is -2.52. The molecular formula is C40H60O2Si. The molecule has 2 aromatic rings. The summed E-state index contributed by atoms with van der Waals surface area (Å²) in [5.41, 5.74) is 0.985. The van der Waals surface area contributed by atoms with Crippen LogP contribution in [-0.2, 0) is 4.43 Å². The molecule has 236 valence electrons. The van der Waals surface area contributed by atoms with Crippen LogP contribution in [0.25, 0.3) is 0 Å². The zero-order chi connectivity index (χ0) is 30.5. The molecule has 2 aromatic carbocycles. The van der Waals surface area contributed by atoms with E-state index in [4.69, 9.17) is 4.43 Å². The molecule has 0 amide bonds. The normalized spacial score (nSPS) is 36.8. The first-order valence-corrected chi connectivity index (χ1v) is 19.8. The van der Waals surface area contributed by atoms with Crippen molar-refractivity contribution in [3.8, 4) is 0 Å². The van der Waals surface area contributed by atoms with E-state index in [1.54, 1.807) is 0 Å². The van der Waals surface area contributed by atoms with Gasteiger partial charge in [-0.3, -0.25) is 0 Å². The van der Waals surface area contributed by atoms with Gasteiger partial charge in [0.2, 0.25) is 0 Å². The van der Waals surface area contributed by atoms with Gasteiger partial charge in [0, 0.05) is 12.7 Å². The van der Waals surface area contributed by atoms with Gasteiger partial charge in [0.15, 0.2) is 0 Å². The number of benzene rings is 2. The second kappa shape index (κ2) is 12.1. The van der Waals surface area contributed by atoms with E-state index in [2.05, 4.69) is 102 Å². The Balaban J connectivity index is 1.23. The Kier molecular flexibility index (Phi) is 8.85. The van der Waals surface area contributed by atoms with Crippen molar-refractivity contribution in [3.05, 3.63) is 60.7 Å². The van der Waals surface area contributed by atoms with E-state index in [-0.39, 0.29) is 5.04 Å². The molecule has 4 aliphatic rings. The van der Waals surface area contributed by atoms with E-state index in [1.165, 1.54) is 74.6 Å². The van der Waals surface area contributed by atoms with Gasteiger partial charge in [0.25, 0.3) is 8.32 Å². The van der Waals surface area contributed by atoms with Crippen LogP contribution in [-0.4, -0.2) is 26.1 Å². The van der Waals surface area contributed by atoms with Crippen molar-refractivity contribution >= 4 is 18.7 Å². The fraction of sp³-hybridized carbons (Fsp3) is 0.700. The minimum absolute atomic E-state index is 0.0370. The maximum Gasteiger partial charge on any atom is 0.261 e. The van der Waals surface area contributed by atoms with Crippen LogP contribution in [0.1, 0.15) is 112 Å². The molecule has 4 saturated carbocycles. The standard InChI is InChI=1S/C40H60O2Si/c1-29(14-13-27-41)35-21-22-36-34-20-19-30-28-31(23-25-39(30,5)37(34)24-26-40(35,36)6)42-43(38(2,3)4,32-15-9-7-10-16-32)33-17-11-8-12-18-33/h7-12,15-18,29-31,34-37,41H,13-14,19-28H2,1-6H3/t29?,30-,31-,34?,35-,36?,37?,39+,40-/m1/s1. The third-order valence-corrected chi connectivity index (χ3v) is 19.0. The van der Waals surface area contributed by atoms with Crippen LogP contribution in [0.4, 0.5) is 0 Å². The summed E-state index contributed by atoms with van der Waals surface area (Å²) in [6.07, 6.45) is 14.9. The molecule has 0 bridgehead atoms. The van der Waals surface area contributed by atoms with Crippen molar-refractivity contribution in [2.24, 2.45) is 46.3 Å². The molecule has 0 heterocycles. The number of aliphatic hydroxyl groups excluding tert-OH is 1. The molecule has 3 heteroatoms. The third kappa shape index (κ3) is 5.32. The summed E-state index contributed by atoms with van der Waals surface area (Å²) in [5.74, 6) is 5.12. The van der Waals surface area contributed by atoms with Crippen LogP contribution in [0, 0.1) is 46.3 Å². The first-order valence-electron chi connectivity index (χ1n) is 17.9. The minimum atomic E-state index is -2.52. The quantitative estimate of drug-likeness (QED) is 0.306. The molecular weight excluding hydrogens is 541 g/mol. The average molecular weight is 601 g/mol. The molecule has 6 rings (SSSR count). The number of rotatable bonds is 8. The maximum absolute atomic E-state index is 9.48. The van der Waals surface area contributed by atoms with Crippen LogP contribution in [0.3, 0.4) is 0 Å². The lowest BCUT2D eigenvalue weighted by atomic mass is 9.44. The molecule has 2 nitrogen and oxygen atoms in total. The van der Waals surface area contributed by atoms with Gasteiger partial charge in [-0.15, -0.1) is 0 Å². The zero-order valence-electron chi connectivity index (χ0n) is 28.2. The van der Waals surface area contributed by atoms with Crippen LogP contribution in [0.5, 0.6) is 0 Å². The number of fused-ring (bicyclic) bond motifs is 5. The number of hydrogen-bond acceptors (Lipinski definition) is 2. The van der Waals surface area contributed by atoms with Crippen LogP contribution in [0.2, 0.25) is 5.04 Å². The highest BCUT2D eigenvalue weighted by Gasteiger charge is 2.61. The fourth-order valence-corrected chi connectivity index (χ4v) is 16.6. The summed E-state index contributed by atoms with van der Waals surface area (Å²) in [5, 5.41) is 12.3. The van der Waals surface area contributed by atoms with E-state index in [0.717, 1.165) is 41.9 Å². The lowest BCUT2D eigenvalue weighted by molar-refractivity contribution is -0.127. The number of aliphatic hydroxyl groups is 1. The SMILES string of the molecule is CC(CCCO)[C@H]1CCC2C3CC[C@@H]4C[C@H](O[Si](c5ccccc5)(c5ccccc5)C(C)(C)C)CC[C@]4(C)C3CC[C@@]21C. The predicted molar refractivity (Wildman–Crippen MR) is 183 cm³/mol. The molecule has 0 aromatic heterocycles. The van der Waals surface area contributed by atoms with Gasteiger partial charge in [-0.1, -0.05) is 102 Å². The second-order valence-corrected chi connectivity index (χ2v) is 21.2. The first kappa shape index (κ1) is 31.6. The largest absolute Gasteiger partial charge is 0.404 e. The smallest absolute Gasteiger partial charge is 0.261 e. The summed E-state index contributed by atoms with van der Waals surface area (Å²) < 4.78 is 7.72. The first-order chi connectivity index (χ1) is 20.5. The molecule has 0 saturated heterocycles. The van der Waals surface area contributed by atoms with Crippen molar-refractivity contribution in [3.63, 3.8) is 0 Å². The van der Waals surface area contributed by atoms with Gasteiger partial charge in [-0.2, -0.15) is 0 Å². The van der Waals surface area contributed by atoms with Gasteiger partial charge >= 0.3 is 0 Å². The lowest BCUT2D eigenvalue weighted by Crippen LogP contribution is -2.68. The molecule has 4 fully saturated rings. The Hall–Kier alpha value is -1.42. The highest BCUT2D eigenvalue weighted by molar-refractivity contribution is 6.99. The highest BCUT2D eigenvalue weighted by atomic mass is 28.4. The molecule has 0 radical (unpaired) electrons. The Labute approximate surface area is 264 Å². The van der Waals surface area contributed by atoms with E-state index in [9.17, 15) is 5.11 Å². The molecule has 0 spiro atoms. The van der Waals surface area contributed by atoms with Gasteiger partial charge in [0.05, 0.1) is 0 Å². The second-order valence-electron chi connectivity index (χ2n) is 16.9. The molecule has 0 aliphatic heterocycles. The van der Waals surface area contributed by atoms with Crippen molar-refractivity contribution < 1.29 is 9.53 Å². The average Bonchev–Trinajstić information content (AvgIpc) is 3.36. The van der Waals surface area contributed by atoms with Crippen molar-refractivity contribution in [2.75, 3.05) is 6.61 Å². The van der Waals surface area contributed by atoms with Gasteiger partial charge < -0.3 is 9.53 Å². The van der Waals surface area contributed by atoms with E-state index in [0.29, 0.717) is 23.5 Å². The maximum atomic E-state index is 9.48. The Morgan fingerprint density at radius 3 is 2.02 bits per heavy atom. The molecule has 43 heavy (non-hydrogen) atoms. The molecule has 4 unspecified atom stereocenters. The molecule has 4 aliphatic carbocycles. The monoisotopic (exact) mass is 600 g/mol. The van der Waals surface area contributed by atoms with Gasteiger partial charge in [0.1, 0.15) is 0 Å². The predicted octanol–water partition coefficient (Wildman–Crippen LogP) is 9.00. The van der Waals surface area contributed by atoms with Crippen LogP contribution in [0.15, 0.2) is 60.7 Å². The van der Waals surface area contributed by atoms with Crippen LogP contribution < -0.4 is 10.4 Å². The molecule has 1 N–H and O–H groups in total. The minimum Gasteiger partial charge on any atom is -0.404 e. The van der Waals surface area contributed by atoms with Gasteiger partial charge in [-0.25, -0.2) is 0 Å². The summed E-state index contributed by atoms with van der Waals surface area (Å²) in [6, 6.07) is 22.6. The van der Waals surface area contributed by atoms with Gasteiger partial charge in [-0.05, 0) is 132 Å². The van der Waals surface area contributed by atoms with Crippen molar-refractivity contribution in [1.82, 2.24) is 0 Å². The summed E-state index contributed by atoms with van der Waals surface area (Å²) in [6.45, 7) is 15.5. The van der Waals surface area contributed by atoms with Crippen molar-refractivity contribution in [1.29, 1.82) is 0 Å².